The Labute approximate surface area is 123 Å². The van der Waals surface area contributed by atoms with Gasteiger partial charge in [0.2, 0.25) is 23.8 Å². The number of rotatable bonds is 7. The molecular weight excluding hydrogens is 272 g/mol. The van der Waals surface area contributed by atoms with Crippen molar-refractivity contribution >= 4 is 23.8 Å². The highest BCUT2D eigenvalue weighted by molar-refractivity contribution is 5.80. The Morgan fingerprint density at radius 3 is 2.62 bits per heavy atom. The number of carbonyl (C=O) groups is 1. The average Bonchev–Trinajstić information content (AvgIpc) is 3.05. The van der Waals surface area contributed by atoms with Crippen LogP contribution in [0.4, 0.5) is 17.8 Å². The Kier molecular flexibility index (Phi) is 5.50. The standard InChI is InChI=1S/C12H22N8O/c1-2-5-14-9(21)8-15-10-16-11(19-13)18-12(17-10)20-6-3-4-7-20/h2-8,13H2,1H3,(H,14,21)(H2,15,16,17,18,19). The first-order valence-corrected chi connectivity index (χ1v) is 7.21. The van der Waals surface area contributed by atoms with Crippen LogP contribution in [0.5, 0.6) is 0 Å². The van der Waals surface area contributed by atoms with Gasteiger partial charge in [0.05, 0.1) is 6.54 Å². The van der Waals surface area contributed by atoms with Gasteiger partial charge in [-0.25, -0.2) is 5.84 Å². The van der Waals surface area contributed by atoms with E-state index in [4.69, 9.17) is 5.84 Å². The lowest BCUT2D eigenvalue weighted by atomic mass is 10.4. The first-order chi connectivity index (χ1) is 10.2. The molecule has 9 heteroatoms. The lowest BCUT2D eigenvalue weighted by molar-refractivity contribution is -0.119. The van der Waals surface area contributed by atoms with Gasteiger partial charge in [-0.15, -0.1) is 0 Å². The van der Waals surface area contributed by atoms with Crippen LogP contribution in [0.2, 0.25) is 0 Å². The first-order valence-electron chi connectivity index (χ1n) is 7.21. The van der Waals surface area contributed by atoms with E-state index < -0.39 is 0 Å². The van der Waals surface area contributed by atoms with Crippen LogP contribution in [0, 0.1) is 0 Å². The van der Waals surface area contributed by atoms with Crippen molar-refractivity contribution in [2.75, 3.05) is 41.8 Å². The smallest absolute Gasteiger partial charge is 0.243 e. The Morgan fingerprint density at radius 1 is 1.24 bits per heavy atom. The molecule has 21 heavy (non-hydrogen) atoms. The number of nitrogens with one attached hydrogen (secondary N) is 3. The van der Waals surface area contributed by atoms with Crippen LogP contribution in [-0.2, 0) is 4.79 Å². The quantitative estimate of drug-likeness (QED) is 0.399. The first kappa shape index (κ1) is 15.2. The van der Waals surface area contributed by atoms with E-state index in [0.717, 1.165) is 32.4 Å². The van der Waals surface area contributed by atoms with Gasteiger partial charge in [-0.05, 0) is 19.3 Å². The molecule has 1 aromatic rings. The van der Waals surface area contributed by atoms with Gasteiger partial charge < -0.3 is 15.5 Å². The zero-order chi connectivity index (χ0) is 15.1. The highest BCUT2D eigenvalue weighted by atomic mass is 16.1. The monoisotopic (exact) mass is 294 g/mol. The highest BCUT2D eigenvalue weighted by Crippen LogP contribution is 2.18. The minimum atomic E-state index is -0.0951. The number of nitrogens with two attached hydrogens (primary N) is 1. The van der Waals surface area contributed by atoms with Crippen LogP contribution in [0.1, 0.15) is 26.2 Å². The molecule has 116 valence electrons. The summed E-state index contributed by atoms with van der Waals surface area (Å²) in [6, 6.07) is 0. The Hall–Kier alpha value is -2.16. The molecule has 0 saturated carbocycles. The molecule has 1 aliphatic heterocycles. The molecule has 0 atom stereocenters. The van der Waals surface area contributed by atoms with Crippen LogP contribution >= 0.6 is 0 Å². The average molecular weight is 294 g/mol. The largest absolute Gasteiger partial charge is 0.355 e. The summed E-state index contributed by atoms with van der Waals surface area (Å²) >= 11 is 0. The van der Waals surface area contributed by atoms with E-state index in [1.54, 1.807) is 0 Å². The number of hydrazine groups is 1. The van der Waals surface area contributed by atoms with Crippen molar-refractivity contribution in [3.05, 3.63) is 0 Å². The normalized spacial score (nSPS) is 14.1. The maximum atomic E-state index is 11.6. The van der Waals surface area contributed by atoms with E-state index in [1.165, 1.54) is 0 Å². The van der Waals surface area contributed by atoms with E-state index >= 15 is 0 Å². The number of amides is 1. The van der Waals surface area contributed by atoms with Crippen LogP contribution < -0.4 is 26.8 Å². The molecule has 9 nitrogen and oxygen atoms in total. The summed E-state index contributed by atoms with van der Waals surface area (Å²) in [4.78, 5) is 26.3. The molecule has 2 rings (SSSR count). The Morgan fingerprint density at radius 2 is 1.95 bits per heavy atom. The van der Waals surface area contributed by atoms with Gasteiger partial charge in [-0.1, -0.05) is 6.92 Å². The molecule has 0 aliphatic carbocycles. The minimum Gasteiger partial charge on any atom is -0.355 e. The number of aromatic nitrogens is 3. The Balaban J connectivity index is 2.00. The van der Waals surface area contributed by atoms with E-state index in [1.807, 2.05) is 6.92 Å². The molecule has 0 bridgehead atoms. The lowest BCUT2D eigenvalue weighted by Crippen LogP contribution is -2.31. The predicted octanol–water partition coefficient (Wildman–Crippen LogP) is -0.304. The number of nitrogens with zero attached hydrogens (tertiary/aromatic N) is 4. The molecule has 1 aromatic heterocycles. The summed E-state index contributed by atoms with van der Waals surface area (Å²) in [5.74, 6) is 6.48. The van der Waals surface area contributed by atoms with Crippen LogP contribution in [0.25, 0.3) is 0 Å². The predicted molar refractivity (Wildman–Crippen MR) is 80.9 cm³/mol. The summed E-state index contributed by atoms with van der Waals surface area (Å²) in [5, 5.41) is 5.67. The van der Waals surface area contributed by atoms with Gasteiger partial charge in [0.15, 0.2) is 0 Å². The molecule has 1 amide bonds. The van der Waals surface area contributed by atoms with Crippen molar-refractivity contribution in [1.29, 1.82) is 0 Å². The van der Waals surface area contributed by atoms with Crippen molar-refractivity contribution in [2.24, 2.45) is 5.84 Å². The summed E-state index contributed by atoms with van der Waals surface area (Å²) < 4.78 is 0. The second-order valence-corrected chi connectivity index (χ2v) is 4.82. The van der Waals surface area contributed by atoms with E-state index in [9.17, 15) is 4.79 Å². The van der Waals surface area contributed by atoms with E-state index in [-0.39, 0.29) is 18.4 Å². The molecule has 1 fully saturated rings. The summed E-state index contributed by atoms with van der Waals surface area (Å²) in [6.45, 7) is 4.62. The number of carbonyl (C=O) groups excluding carboxylic acids is 1. The number of hydrogen-bond acceptors (Lipinski definition) is 8. The molecule has 0 aromatic carbocycles. The van der Waals surface area contributed by atoms with Gasteiger partial charge in [0.1, 0.15) is 0 Å². The summed E-state index contributed by atoms with van der Waals surface area (Å²) in [5.41, 5.74) is 2.42. The van der Waals surface area contributed by atoms with Crippen molar-refractivity contribution in [3.63, 3.8) is 0 Å². The fraction of sp³-hybridized carbons (Fsp3) is 0.667. The van der Waals surface area contributed by atoms with Crippen molar-refractivity contribution in [3.8, 4) is 0 Å². The third-order valence-electron chi connectivity index (χ3n) is 3.12. The van der Waals surface area contributed by atoms with Gasteiger partial charge >= 0.3 is 0 Å². The molecule has 2 heterocycles. The molecule has 0 radical (unpaired) electrons. The van der Waals surface area contributed by atoms with Crippen molar-refractivity contribution < 1.29 is 4.79 Å². The van der Waals surface area contributed by atoms with Crippen LogP contribution in [0.15, 0.2) is 0 Å². The molecule has 0 unspecified atom stereocenters. The summed E-state index contributed by atoms with van der Waals surface area (Å²) in [6.07, 6.45) is 3.15. The number of hydrogen-bond donors (Lipinski definition) is 4. The van der Waals surface area contributed by atoms with E-state index in [2.05, 4.69) is 35.9 Å². The van der Waals surface area contributed by atoms with Crippen LogP contribution in [-0.4, -0.2) is 47.0 Å². The van der Waals surface area contributed by atoms with Gasteiger partial charge in [0.25, 0.3) is 0 Å². The fourth-order valence-electron chi connectivity index (χ4n) is 2.05. The molecule has 5 N–H and O–H groups in total. The summed E-state index contributed by atoms with van der Waals surface area (Å²) in [7, 11) is 0. The second-order valence-electron chi connectivity index (χ2n) is 4.82. The molecule has 1 aliphatic rings. The third-order valence-corrected chi connectivity index (χ3v) is 3.12. The molecular formula is C12H22N8O. The molecule has 0 spiro atoms. The zero-order valence-electron chi connectivity index (χ0n) is 12.2. The SMILES string of the molecule is CCCNC(=O)CNc1nc(NN)nc(N2CCCC2)n1. The van der Waals surface area contributed by atoms with Gasteiger partial charge in [-0.3, -0.25) is 10.2 Å². The third kappa shape index (κ3) is 4.42. The van der Waals surface area contributed by atoms with Gasteiger partial charge in [-0.2, -0.15) is 15.0 Å². The highest BCUT2D eigenvalue weighted by Gasteiger charge is 2.17. The molecule has 1 saturated heterocycles. The Bertz CT molecular complexity index is 474. The number of anilines is 3. The lowest BCUT2D eigenvalue weighted by Gasteiger charge is -2.16. The van der Waals surface area contributed by atoms with Crippen LogP contribution in [0.3, 0.4) is 0 Å². The van der Waals surface area contributed by atoms with Gasteiger partial charge in [0, 0.05) is 19.6 Å². The fourth-order valence-corrected chi connectivity index (χ4v) is 2.05. The number of nitrogen functional groups attached to an aromatic ring is 1. The zero-order valence-corrected chi connectivity index (χ0v) is 12.2. The van der Waals surface area contributed by atoms with Crippen molar-refractivity contribution in [1.82, 2.24) is 20.3 Å². The maximum Gasteiger partial charge on any atom is 0.243 e. The second kappa shape index (κ2) is 7.58. The minimum absolute atomic E-state index is 0.0951. The van der Waals surface area contributed by atoms with Crippen molar-refractivity contribution in [2.45, 2.75) is 26.2 Å². The maximum absolute atomic E-state index is 11.6. The van der Waals surface area contributed by atoms with E-state index in [0.29, 0.717) is 18.4 Å². The topological polar surface area (TPSA) is 121 Å².